The molecule has 2 aromatic heterocycles. The van der Waals surface area contributed by atoms with Gasteiger partial charge in [0.25, 0.3) is 5.56 Å². The van der Waals surface area contributed by atoms with Gasteiger partial charge >= 0.3 is 0 Å². The quantitative estimate of drug-likeness (QED) is 0.663. The fraction of sp³-hybridized carbons (Fsp3) is 0.300. The monoisotopic (exact) mass is 416 g/mol. The van der Waals surface area contributed by atoms with Crippen molar-refractivity contribution in [1.82, 2.24) is 19.9 Å². The van der Waals surface area contributed by atoms with Crippen molar-refractivity contribution in [2.75, 3.05) is 0 Å². The molecule has 0 saturated carbocycles. The van der Waals surface area contributed by atoms with Gasteiger partial charge in [0, 0.05) is 16.5 Å². The Morgan fingerprint density at radius 1 is 1.32 bits per heavy atom. The highest BCUT2D eigenvalue weighted by atomic mass is 35.5. The summed E-state index contributed by atoms with van der Waals surface area (Å²) in [6.07, 6.45) is 1.42. The minimum atomic E-state index is -0.256. The predicted molar refractivity (Wildman–Crippen MR) is 112 cm³/mol. The fourth-order valence-corrected chi connectivity index (χ4v) is 3.93. The van der Waals surface area contributed by atoms with Gasteiger partial charge in [0.2, 0.25) is 5.91 Å². The number of halogens is 1. The van der Waals surface area contributed by atoms with Crippen LogP contribution in [0.15, 0.2) is 41.5 Å². The number of nitrogens with zero attached hydrogens (tertiary/aromatic N) is 3. The zero-order valence-electron chi connectivity index (χ0n) is 15.9. The Bertz CT molecular complexity index is 1060. The number of hydrogen-bond donors (Lipinski definition) is 1. The maximum atomic E-state index is 12.3. The standard InChI is InChI=1S/C20H21ClN4O2S/c1-12(2)16-8-19(27)25(11-23-16)10-18(26)22-9-17-13(3)24-20(28-17)14-6-4-5-7-15(14)21/h4-8,11-12H,9-10H2,1-3H3,(H,22,26). The van der Waals surface area contributed by atoms with Gasteiger partial charge in [-0.15, -0.1) is 11.3 Å². The Morgan fingerprint density at radius 2 is 2.07 bits per heavy atom. The van der Waals surface area contributed by atoms with E-state index in [1.165, 1.54) is 28.3 Å². The third-order valence-electron chi connectivity index (χ3n) is 4.25. The summed E-state index contributed by atoms with van der Waals surface area (Å²) in [5, 5.41) is 4.30. The molecule has 8 heteroatoms. The van der Waals surface area contributed by atoms with Crippen molar-refractivity contribution in [2.45, 2.75) is 39.8 Å². The van der Waals surface area contributed by atoms with Crippen LogP contribution in [-0.2, 0) is 17.9 Å². The van der Waals surface area contributed by atoms with Crippen molar-refractivity contribution in [3.63, 3.8) is 0 Å². The summed E-state index contributed by atoms with van der Waals surface area (Å²) >= 11 is 7.73. The highest BCUT2D eigenvalue weighted by Gasteiger charge is 2.13. The molecule has 1 N–H and O–H groups in total. The van der Waals surface area contributed by atoms with Gasteiger partial charge in [-0.2, -0.15) is 0 Å². The minimum absolute atomic E-state index is 0.0700. The molecule has 1 amide bonds. The highest BCUT2D eigenvalue weighted by Crippen LogP contribution is 2.32. The van der Waals surface area contributed by atoms with Crippen molar-refractivity contribution >= 4 is 28.8 Å². The second kappa shape index (κ2) is 8.67. The van der Waals surface area contributed by atoms with E-state index in [9.17, 15) is 9.59 Å². The zero-order chi connectivity index (χ0) is 20.3. The molecule has 146 valence electrons. The number of rotatable bonds is 6. The van der Waals surface area contributed by atoms with Crippen LogP contribution >= 0.6 is 22.9 Å². The third kappa shape index (κ3) is 4.66. The van der Waals surface area contributed by atoms with Gasteiger partial charge in [-0.1, -0.05) is 43.6 Å². The van der Waals surface area contributed by atoms with Crippen LogP contribution in [0.4, 0.5) is 0 Å². The number of nitrogens with one attached hydrogen (secondary N) is 1. The van der Waals surface area contributed by atoms with E-state index in [1.54, 1.807) is 0 Å². The predicted octanol–water partition coefficient (Wildman–Crippen LogP) is 3.77. The largest absolute Gasteiger partial charge is 0.350 e. The molecule has 6 nitrogen and oxygen atoms in total. The molecule has 0 unspecified atom stereocenters. The number of benzene rings is 1. The summed E-state index contributed by atoms with van der Waals surface area (Å²) in [5.74, 6) is -0.0916. The summed E-state index contributed by atoms with van der Waals surface area (Å²) in [6, 6.07) is 9.00. The second-order valence-corrected chi connectivity index (χ2v) is 8.21. The summed E-state index contributed by atoms with van der Waals surface area (Å²) in [6.45, 7) is 6.11. The molecule has 0 aliphatic heterocycles. The summed E-state index contributed by atoms with van der Waals surface area (Å²) in [5.41, 5.74) is 2.20. The summed E-state index contributed by atoms with van der Waals surface area (Å²) in [4.78, 5) is 34.1. The lowest BCUT2D eigenvalue weighted by Crippen LogP contribution is -2.32. The fourth-order valence-electron chi connectivity index (χ4n) is 2.61. The number of carbonyl (C=O) groups is 1. The number of aromatic nitrogens is 3. The highest BCUT2D eigenvalue weighted by molar-refractivity contribution is 7.15. The van der Waals surface area contributed by atoms with Gasteiger partial charge in [0.1, 0.15) is 11.6 Å². The van der Waals surface area contributed by atoms with E-state index in [0.717, 1.165) is 21.1 Å². The molecule has 0 radical (unpaired) electrons. The lowest BCUT2D eigenvalue weighted by atomic mass is 10.1. The van der Waals surface area contributed by atoms with Gasteiger partial charge in [-0.05, 0) is 18.9 Å². The van der Waals surface area contributed by atoms with Crippen LogP contribution in [0.5, 0.6) is 0 Å². The lowest BCUT2D eigenvalue weighted by molar-refractivity contribution is -0.121. The average molecular weight is 417 g/mol. The number of thiazole rings is 1. The molecule has 3 aromatic rings. The van der Waals surface area contributed by atoms with Crippen molar-refractivity contribution < 1.29 is 4.79 Å². The third-order valence-corrected chi connectivity index (χ3v) is 5.77. The van der Waals surface area contributed by atoms with Gasteiger partial charge in [0.15, 0.2) is 0 Å². The SMILES string of the molecule is Cc1nc(-c2ccccc2Cl)sc1CNC(=O)Cn1cnc(C(C)C)cc1=O. The number of hydrogen-bond acceptors (Lipinski definition) is 5. The Kier molecular flexibility index (Phi) is 6.26. The van der Waals surface area contributed by atoms with Crippen molar-refractivity contribution in [1.29, 1.82) is 0 Å². The molecule has 0 aliphatic rings. The average Bonchev–Trinajstić information content (AvgIpc) is 3.02. The first kappa shape index (κ1) is 20.2. The van der Waals surface area contributed by atoms with Crippen LogP contribution in [0.3, 0.4) is 0 Å². The first-order chi connectivity index (χ1) is 13.3. The van der Waals surface area contributed by atoms with Gasteiger partial charge < -0.3 is 5.32 Å². The maximum Gasteiger partial charge on any atom is 0.254 e. The van der Waals surface area contributed by atoms with Crippen molar-refractivity contribution in [2.24, 2.45) is 0 Å². The molecule has 0 aliphatic carbocycles. The smallest absolute Gasteiger partial charge is 0.254 e. The Labute approximate surface area is 172 Å². The normalized spacial score (nSPS) is 11.0. The van der Waals surface area contributed by atoms with Gasteiger partial charge in [0.05, 0.1) is 29.3 Å². The van der Waals surface area contributed by atoms with Crippen LogP contribution < -0.4 is 10.9 Å². The minimum Gasteiger partial charge on any atom is -0.350 e. The molecular weight excluding hydrogens is 396 g/mol. The van der Waals surface area contributed by atoms with Crippen LogP contribution in [0.1, 0.15) is 36.0 Å². The molecule has 2 heterocycles. The van der Waals surface area contributed by atoms with Crippen LogP contribution in [0, 0.1) is 6.92 Å². The Morgan fingerprint density at radius 3 is 2.75 bits per heavy atom. The number of amides is 1. The Balaban J connectivity index is 1.65. The van der Waals surface area contributed by atoms with E-state index < -0.39 is 0 Å². The van der Waals surface area contributed by atoms with Crippen LogP contribution in [0.25, 0.3) is 10.6 Å². The summed E-state index contributed by atoms with van der Waals surface area (Å²) in [7, 11) is 0. The maximum absolute atomic E-state index is 12.3. The number of aryl methyl sites for hydroxylation is 1. The van der Waals surface area contributed by atoms with Crippen LogP contribution in [0.2, 0.25) is 5.02 Å². The lowest BCUT2D eigenvalue weighted by Gasteiger charge is -2.08. The molecule has 28 heavy (non-hydrogen) atoms. The van der Waals surface area contributed by atoms with E-state index >= 15 is 0 Å². The van der Waals surface area contributed by atoms with Crippen molar-refractivity contribution in [3.05, 3.63) is 68.3 Å². The molecule has 0 atom stereocenters. The molecular formula is C20H21ClN4O2S. The molecule has 0 spiro atoms. The van der Waals surface area contributed by atoms with E-state index in [2.05, 4.69) is 15.3 Å². The van der Waals surface area contributed by atoms with Crippen molar-refractivity contribution in [3.8, 4) is 10.6 Å². The van der Waals surface area contributed by atoms with E-state index in [-0.39, 0.29) is 23.9 Å². The Hall–Kier alpha value is -2.51. The zero-order valence-corrected chi connectivity index (χ0v) is 17.5. The van der Waals surface area contributed by atoms with E-state index in [0.29, 0.717) is 17.3 Å². The van der Waals surface area contributed by atoms with Gasteiger partial charge in [-0.3, -0.25) is 14.2 Å². The topological polar surface area (TPSA) is 76.9 Å². The van der Waals surface area contributed by atoms with Gasteiger partial charge in [-0.25, -0.2) is 9.97 Å². The first-order valence-electron chi connectivity index (χ1n) is 8.89. The molecule has 0 saturated heterocycles. The molecule has 3 rings (SSSR count). The van der Waals surface area contributed by atoms with E-state index in [1.807, 2.05) is 45.0 Å². The van der Waals surface area contributed by atoms with Crippen LogP contribution in [-0.4, -0.2) is 20.4 Å². The van der Waals surface area contributed by atoms with E-state index in [4.69, 9.17) is 11.6 Å². The first-order valence-corrected chi connectivity index (χ1v) is 10.1. The molecule has 1 aromatic carbocycles. The molecule has 0 bridgehead atoms. The second-order valence-electron chi connectivity index (χ2n) is 6.72. The molecule has 0 fully saturated rings. The summed E-state index contributed by atoms with van der Waals surface area (Å²) < 4.78 is 1.30. The number of carbonyl (C=O) groups excluding carboxylic acids is 1.